The van der Waals surface area contributed by atoms with Gasteiger partial charge >= 0.3 is 0 Å². The van der Waals surface area contributed by atoms with Gasteiger partial charge in [0.05, 0.1) is 10.4 Å². The number of amides is 1. The molecule has 1 unspecified atom stereocenters. The van der Waals surface area contributed by atoms with Gasteiger partial charge in [-0.25, -0.2) is 0 Å². The fourth-order valence-electron chi connectivity index (χ4n) is 1.22. The third kappa shape index (κ3) is 4.45. The molecule has 16 heavy (non-hydrogen) atoms. The Morgan fingerprint density at radius 3 is 2.56 bits per heavy atom. The lowest BCUT2D eigenvalue weighted by atomic mass is 9.86. The number of thiocarbonyl (C=S) groups is 1. The molecule has 4 nitrogen and oxygen atoms in total. The number of nitrogens with two attached hydrogens (primary N) is 1. The lowest BCUT2D eigenvalue weighted by Gasteiger charge is -2.25. The second-order valence-corrected chi connectivity index (χ2v) is 4.45. The van der Waals surface area contributed by atoms with Crippen molar-refractivity contribution in [2.45, 2.75) is 33.1 Å². The molecule has 0 aromatic heterocycles. The molecule has 0 rings (SSSR count). The normalized spacial score (nSPS) is 14.2. The van der Waals surface area contributed by atoms with Gasteiger partial charge in [-0.05, 0) is 26.2 Å². The highest BCUT2D eigenvalue weighted by molar-refractivity contribution is 7.80. The average Bonchev–Trinajstić information content (AvgIpc) is 2.27. The van der Waals surface area contributed by atoms with Gasteiger partial charge in [0.25, 0.3) is 0 Å². The molecule has 1 amide bonds. The van der Waals surface area contributed by atoms with Gasteiger partial charge in [0, 0.05) is 20.3 Å². The van der Waals surface area contributed by atoms with E-state index in [4.69, 9.17) is 22.7 Å². The summed E-state index contributed by atoms with van der Waals surface area (Å²) in [4.78, 5) is 12.1. The molecule has 0 aromatic rings. The molecule has 0 aliphatic heterocycles. The molecule has 0 aromatic carbocycles. The van der Waals surface area contributed by atoms with E-state index in [1.165, 1.54) is 0 Å². The number of rotatable bonds is 8. The molecule has 0 spiro atoms. The Labute approximate surface area is 103 Å². The third-order valence-electron chi connectivity index (χ3n) is 2.81. The summed E-state index contributed by atoms with van der Waals surface area (Å²) in [6.07, 6.45) is 2.45. The summed E-state index contributed by atoms with van der Waals surface area (Å²) >= 11 is 4.92. The quantitative estimate of drug-likeness (QED) is 0.499. The first-order valence-corrected chi connectivity index (χ1v) is 5.97. The van der Waals surface area contributed by atoms with E-state index in [0.717, 1.165) is 19.4 Å². The molecule has 5 heteroatoms. The molecule has 0 aliphatic rings. The van der Waals surface area contributed by atoms with Gasteiger partial charge in [0.15, 0.2) is 0 Å². The first-order valence-electron chi connectivity index (χ1n) is 5.56. The summed E-state index contributed by atoms with van der Waals surface area (Å²) in [6, 6.07) is 0. The zero-order chi connectivity index (χ0) is 12.6. The number of unbranched alkanes of at least 4 members (excludes halogenated alkanes) is 1. The summed E-state index contributed by atoms with van der Waals surface area (Å²) in [5.74, 6) is -0.0834. The van der Waals surface area contributed by atoms with Crippen molar-refractivity contribution in [2.24, 2.45) is 11.1 Å². The van der Waals surface area contributed by atoms with Crippen LogP contribution in [-0.2, 0) is 9.53 Å². The topological polar surface area (TPSA) is 64.3 Å². The number of hydrogen-bond acceptors (Lipinski definition) is 3. The summed E-state index contributed by atoms with van der Waals surface area (Å²) in [6.45, 7) is 5.04. The maximum atomic E-state index is 11.9. The van der Waals surface area contributed by atoms with E-state index in [1.54, 1.807) is 14.0 Å². The van der Waals surface area contributed by atoms with E-state index in [1.807, 2.05) is 6.92 Å². The van der Waals surface area contributed by atoms with Crippen LogP contribution in [0.25, 0.3) is 0 Å². The maximum absolute atomic E-state index is 11.9. The van der Waals surface area contributed by atoms with Crippen molar-refractivity contribution >= 4 is 23.1 Å². The Hall–Kier alpha value is -0.680. The molecule has 94 valence electrons. The Bertz CT molecular complexity index is 246. The van der Waals surface area contributed by atoms with Crippen LogP contribution in [0, 0.1) is 5.41 Å². The number of carbonyl (C=O) groups excluding carboxylic acids is 1. The molecular weight excluding hydrogens is 224 g/mol. The Morgan fingerprint density at radius 2 is 2.12 bits per heavy atom. The van der Waals surface area contributed by atoms with Crippen LogP contribution >= 0.6 is 12.2 Å². The zero-order valence-corrected chi connectivity index (χ0v) is 11.2. The summed E-state index contributed by atoms with van der Waals surface area (Å²) in [7, 11) is 1.67. The molecule has 0 radical (unpaired) electrons. The smallest absolute Gasteiger partial charge is 0.232 e. The predicted molar refractivity (Wildman–Crippen MR) is 69.3 cm³/mol. The molecule has 3 N–H and O–H groups in total. The largest absolute Gasteiger partial charge is 0.392 e. The van der Waals surface area contributed by atoms with Crippen molar-refractivity contribution in [3.63, 3.8) is 0 Å². The van der Waals surface area contributed by atoms with Gasteiger partial charge in [0.1, 0.15) is 0 Å². The summed E-state index contributed by atoms with van der Waals surface area (Å²) in [5, 5.41) is 2.85. The average molecular weight is 246 g/mol. The van der Waals surface area contributed by atoms with Crippen molar-refractivity contribution in [3.8, 4) is 0 Å². The van der Waals surface area contributed by atoms with E-state index in [-0.39, 0.29) is 10.9 Å². The Balaban J connectivity index is 3.99. The number of nitrogens with one attached hydrogen (secondary N) is 1. The van der Waals surface area contributed by atoms with E-state index in [9.17, 15) is 4.79 Å². The van der Waals surface area contributed by atoms with E-state index < -0.39 is 5.41 Å². The minimum atomic E-state index is -0.726. The van der Waals surface area contributed by atoms with E-state index >= 15 is 0 Å². The molecule has 0 heterocycles. The molecule has 0 saturated carbocycles. The summed E-state index contributed by atoms with van der Waals surface area (Å²) in [5.41, 5.74) is 4.86. The number of methoxy groups -OCH3 is 1. The lowest BCUT2D eigenvalue weighted by Crippen LogP contribution is -2.46. The van der Waals surface area contributed by atoms with Crippen molar-refractivity contribution in [1.29, 1.82) is 0 Å². The van der Waals surface area contributed by atoms with Gasteiger partial charge in [-0.3, -0.25) is 4.79 Å². The molecule has 0 fully saturated rings. The van der Waals surface area contributed by atoms with E-state index in [2.05, 4.69) is 5.32 Å². The van der Waals surface area contributed by atoms with Crippen molar-refractivity contribution in [3.05, 3.63) is 0 Å². The first-order chi connectivity index (χ1) is 7.49. The highest BCUT2D eigenvalue weighted by Crippen LogP contribution is 2.21. The highest BCUT2D eigenvalue weighted by atomic mass is 32.1. The highest BCUT2D eigenvalue weighted by Gasteiger charge is 2.33. The Morgan fingerprint density at radius 1 is 1.50 bits per heavy atom. The van der Waals surface area contributed by atoms with Crippen LogP contribution in [-0.4, -0.2) is 31.2 Å². The van der Waals surface area contributed by atoms with Crippen molar-refractivity contribution < 1.29 is 9.53 Å². The fraction of sp³-hybridized carbons (Fsp3) is 0.818. The minimum absolute atomic E-state index is 0.0834. The van der Waals surface area contributed by atoms with Crippen LogP contribution in [0.15, 0.2) is 0 Å². The van der Waals surface area contributed by atoms with Gasteiger partial charge in [0.2, 0.25) is 5.91 Å². The van der Waals surface area contributed by atoms with Crippen LogP contribution in [0.1, 0.15) is 33.1 Å². The maximum Gasteiger partial charge on any atom is 0.232 e. The molecule has 1 atom stereocenters. The predicted octanol–water partition coefficient (Wildman–Crippen LogP) is 1.23. The molecule has 0 saturated heterocycles. The second-order valence-electron chi connectivity index (χ2n) is 4.01. The third-order valence-corrected chi connectivity index (χ3v) is 3.26. The zero-order valence-electron chi connectivity index (χ0n) is 10.3. The first kappa shape index (κ1) is 15.3. The van der Waals surface area contributed by atoms with Crippen LogP contribution in [0.2, 0.25) is 0 Å². The van der Waals surface area contributed by atoms with Gasteiger partial charge in [-0.2, -0.15) is 0 Å². The number of carbonyl (C=O) groups is 1. The van der Waals surface area contributed by atoms with Crippen LogP contribution in [0.4, 0.5) is 0 Å². The lowest BCUT2D eigenvalue weighted by molar-refractivity contribution is -0.126. The van der Waals surface area contributed by atoms with Crippen LogP contribution in [0.3, 0.4) is 0 Å². The number of hydrogen-bond donors (Lipinski definition) is 2. The summed E-state index contributed by atoms with van der Waals surface area (Å²) < 4.78 is 4.92. The SMILES string of the molecule is CCC(C)(C(=O)NCCCCOC)C(N)=S. The number of ether oxygens (including phenoxy) is 1. The molecule has 0 aliphatic carbocycles. The second kappa shape index (κ2) is 7.57. The Kier molecular flexibility index (Phi) is 7.25. The van der Waals surface area contributed by atoms with Crippen LogP contribution < -0.4 is 11.1 Å². The molecular formula is C11H22N2O2S. The monoisotopic (exact) mass is 246 g/mol. The van der Waals surface area contributed by atoms with Crippen molar-refractivity contribution in [2.75, 3.05) is 20.3 Å². The minimum Gasteiger partial charge on any atom is -0.392 e. The fourth-order valence-corrected chi connectivity index (χ4v) is 1.45. The standard InChI is InChI=1S/C11H22N2O2S/c1-4-11(2,9(12)16)10(14)13-7-5-6-8-15-3/h4-8H2,1-3H3,(H2,12,16)(H,13,14). The van der Waals surface area contributed by atoms with Gasteiger partial charge < -0.3 is 15.8 Å². The van der Waals surface area contributed by atoms with Gasteiger partial charge in [-0.1, -0.05) is 19.1 Å². The van der Waals surface area contributed by atoms with Crippen LogP contribution in [0.5, 0.6) is 0 Å². The molecule has 0 bridgehead atoms. The van der Waals surface area contributed by atoms with Crippen molar-refractivity contribution in [1.82, 2.24) is 5.32 Å². The van der Waals surface area contributed by atoms with E-state index in [0.29, 0.717) is 13.0 Å². The van der Waals surface area contributed by atoms with Gasteiger partial charge in [-0.15, -0.1) is 0 Å².